The van der Waals surface area contributed by atoms with Crippen LogP contribution in [0.2, 0.25) is 0 Å². The molecule has 8 heteroatoms. The van der Waals surface area contributed by atoms with Crippen LogP contribution in [0.1, 0.15) is 13.8 Å². The number of aromatic nitrogens is 5. The van der Waals surface area contributed by atoms with Crippen molar-refractivity contribution in [2.45, 2.75) is 19.9 Å². The van der Waals surface area contributed by atoms with E-state index in [2.05, 4.69) is 37.3 Å². The zero-order chi connectivity index (χ0) is 14.7. The highest BCUT2D eigenvalue weighted by Gasteiger charge is 2.24. The van der Waals surface area contributed by atoms with Crippen molar-refractivity contribution in [3.8, 4) is 0 Å². The van der Waals surface area contributed by atoms with Crippen LogP contribution < -0.4 is 4.90 Å². The Morgan fingerprint density at radius 3 is 3.05 bits per heavy atom. The van der Waals surface area contributed by atoms with Crippen molar-refractivity contribution in [2.24, 2.45) is 0 Å². The van der Waals surface area contributed by atoms with Gasteiger partial charge in [0.25, 0.3) is 0 Å². The van der Waals surface area contributed by atoms with Gasteiger partial charge in [-0.25, -0.2) is 0 Å². The lowest BCUT2D eigenvalue weighted by atomic mass is 10.2. The van der Waals surface area contributed by atoms with Crippen LogP contribution in [0.25, 0.3) is 5.65 Å². The lowest BCUT2D eigenvalue weighted by Gasteiger charge is -2.40. The summed E-state index contributed by atoms with van der Waals surface area (Å²) < 4.78 is 6.92. The largest absolute Gasteiger partial charge is 0.380 e. The minimum absolute atomic E-state index is 0.477. The van der Waals surface area contributed by atoms with Gasteiger partial charge in [0.05, 0.1) is 6.61 Å². The van der Waals surface area contributed by atoms with Crippen molar-refractivity contribution in [3.63, 3.8) is 0 Å². The zero-order valence-electron chi connectivity index (χ0n) is 12.5. The standard InChI is InChI=1S/C13H21N7O/c1-3-21-9-8-18-6-7-19(10-11(18)2)13-5-4-12-14-16-17-20(12)15-13/h4-5,11H,3,6-10H2,1-2H3/t11-/m0/s1. The minimum Gasteiger partial charge on any atom is -0.380 e. The van der Waals surface area contributed by atoms with Crippen LogP contribution in [-0.2, 0) is 4.74 Å². The molecule has 3 rings (SSSR count). The van der Waals surface area contributed by atoms with E-state index in [0.29, 0.717) is 11.7 Å². The monoisotopic (exact) mass is 291 g/mol. The van der Waals surface area contributed by atoms with Crippen LogP contribution in [0.15, 0.2) is 12.1 Å². The first kappa shape index (κ1) is 14.2. The third kappa shape index (κ3) is 3.11. The molecule has 0 bridgehead atoms. The molecule has 0 radical (unpaired) electrons. The van der Waals surface area contributed by atoms with Crippen LogP contribution in [0.5, 0.6) is 0 Å². The van der Waals surface area contributed by atoms with Gasteiger partial charge in [0, 0.05) is 38.8 Å². The second kappa shape index (κ2) is 6.31. The molecule has 2 aromatic heterocycles. The molecular formula is C13H21N7O. The van der Waals surface area contributed by atoms with E-state index in [4.69, 9.17) is 4.74 Å². The SMILES string of the molecule is CCOCCN1CCN(c2ccc3nnnn3n2)C[C@@H]1C. The van der Waals surface area contributed by atoms with E-state index in [-0.39, 0.29) is 0 Å². The maximum atomic E-state index is 5.44. The summed E-state index contributed by atoms with van der Waals surface area (Å²) in [7, 11) is 0. The number of anilines is 1. The normalized spacial score (nSPS) is 20.3. The zero-order valence-corrected chi connectivity index (χ0v) is 12.5. The van der Waals surface area contributed by atoms with Gasteiger partial charge in [-0.15, -0.1) is 14.8 Å². The molecule has 0 amide bonds. The molecule has 0 N–H and O–H groups in total. The second-order valence-corrected chi connectivity index (χ2v) is 5.25. The van der Waals surface area contributed by atoms with E-state index < -0.39 is 0 Å². The number of nitrogens with zero attached hydrogens (tertiary/aromatic N) is 7. The fraction of sp³-hybridized carbons (Fsp3) is 0.692. The number of ether oxygens (including phenoxy) is 1. The van der Waals surface area contributed by atoms with Gasteiger partial charge < -0.3 is 9.64 Å². The van der Waals surface area contributed by atoms with E-state index in [1.165, 1.54) is 4.63 Å². The molecule has 0 spiro atoms. The number of rotatable bonds is 5. The van der Waals surface area contributed by atoms with Gasteiger partial charge in [-0.1, -0.05) is 0 Å². The van der Waals surface area contributed by atoms with Crippen molar-refractivity contribution < 1.29 is 4.74 Å². The van der Waals surface area contributed by atoms with E-state index in [1.54, 1.807) is 0 Å². The lowest BCUT2D eigenvalue weighted by Crippen LogP contribution is -2.53. The predicted molar refractivity (Wildman–Crippen MR) is 78.3 cm³/mol. The van der Waals surface area contributed by atoms with Crippen molar-refractivity contribution in [2.75, 3.05) is 44.3 Å². The molecule has 1 aliphatic rings. The molecular weight excluding hydrogens is 270 g/mol. The summed E-state index contributed by atoms with van der Waals surface area (Å²) >= 11 is 0. The highest BCUT2D eigenvalue weighted by Crippen LogP contribution is 2.16. The summed E-state index contributed by atoms with van der Waals surface area (Å²) in [6.07, 6.45) is 0. The predicted octanol–water partition coefficient (Wildman–Crippen LogP) is 0.0663. The van der Waals surface area contributed by atoms with E-state index in [1.807, 2.05) is 19.1 Å². The molecule has 1 aliphatic heterocycles. The molecule has 21 heavy (non-hydrogen) atoms. The van der Waals surface area contributed by atoms with Crippen LogP contribution in [-0.4, -0.2) is 75.6 Å². The van der Waals surface area contributed by atoms with Gasteiger partial charge in [-0.05, 0) is 36.4 Å². The number of hydrogen-bond acceptors (Lipinski definition) is 7. The first-order chi connectivity index (χ1) is 10.3. The minimum atomic E-state index is 0.477. The first-order valence-corrected chi connectivity index (χ1v) is 7.40. The third-order valence-electron chi connectivity index (χ3n) is 3.87. The summed E-state index contributed by atoms with van der Waals surface area (Å²) in [5.74, 6) is 0.922. The highest BCUT2D eigenvalue weighted by molar-refractivity contribution is 5.44. The van der Waals surface area contributed by atoms with E-state index in [0.717, 1.165) is 45.2 Å². The Labute approximate surface area is 123 Å². The van der Waals surface area contributed by atoms with Crippen molar-refractivity contribution in [1.29, 1.82) is 0 Å². The first-order valence-electron chi connectivity index (χ1n) is 7.40. The summed E-state index contributed by atoms with van der Waals surface area (Å²) in [5.41, 5.74) is 0.669. The van der Waals surface area contributed by atoms with E-state index in [9.17, 15) is 0 Å². The summed E-state index contributed by atoms with van der Waals surface area (Å²) in [6.45, 7) is 9.77. The second-order valence-electron chi connectivity index (χ2n) is 5.25. The van der Waals surface area contributed by atoms with Crippen LogP contribution in [0.3, 0.4) is 0 Å². The Bertz CT molecular complexity index is 587. The topological polar surface area (TPSA) is 71.7 Å². The lowest BCUT2D eigenvalue weighted by molar-refractivity contribution is 0.0925. The molecule has 1 saturated heterocycles. The summed E-state index contributed by atoms with van der Waals surface area (Å²) in [4.78, 5) is 4.74. The Morgan fingerprint density at radius 2 is 2.24 bits per heavy atom. The third-order valence-corrected chi connectivity index (χ3v) is 3.87. The van der Waals surface area contributed by atoms with Gasteiger partial charge in [0.2, 0.25) is 0 Å². The number of piperazine rings is 1. The summed E-state index contributed by atoms with van der Waals surface area (Å²) in [6, 6.07) is 4.36. The maximum absolute atomic E-state index is 5.44. The van der Waals surface area contributed by atoms with Gasteiger partial charge in [-0.2, -0.15) is 0 Å². The fourth-order valence-corrected chi connectivity index (χ4v) is 2.67. The molecule has 0 aliphatic carbocycles. The Hall–Kier alpha value is -1.80. The maximum Gasteiger partial charge on any atom is 0.200 e. The number of tetrazole rings is 1. The van der Waals surface area contributed by atoms with Crippen LogP contribution in [0.4, 0.5) is 5.82 Å². The van der Waals surface area contributed by atoms with Gasteiger partial charge in [0.15, 0.2) is 11.5 Å². The molecule has 3 heterocycles. The molecule has 0 saturated carbocycles. The fourth-order valence-electron chi connectivity index (χ4n) is 2.67. The molecule has 2 aromatic rings. The van der Waals surface area contributed by atoms with E-state index >= 15 is 0 Å². The van der Waals surface area contributed by atoms with Crippen LogP contribution >= 0.6 is 0 Å². The van der Waals surface area contributed by atoms with Gasteiger partial charge in [0.1, 0.15) is 0 Å². The molecule has 0 unspecified atom stereocenters. The molecule has 8 nitrogen and oxygen atoms in total. The smallest absolute Gasteiger partial charge is 0.200 e. The molecule has 1 atom stereocenters. The highest BCUT2D eigenvalue weighted by atomic mass is 16.5. The van der Waals surface area contributed by atoms with Crippen molar-refractivity contribution in [3.05, 3.63) is 12.1 Å². The Balaban J connectivity index is 1.63. The number of fused-ring (bicyclic) bond motifs is 1. The van der Waals surface area contributed by atoms with Crippen molar-refractivity contribution >= 4 is 11.5 Å². The average molecular weight is 291 g/mol. The Kier molecular flexibility index (Phi) is 4.26. The molecule has 114 valence electrons. The van der Waals surface area contributed by atoms with Gasteiger partial charge in [-0.3, -0.25) is 4.90 Å². The molecule has 1 fully saturated rings. The van der Waals surface area contributed by atoms with Crippen LogP contribution in [0, 0.1) is 0 Å². The van der Waals surface area contributed by atoms with Gasteiger partial charge >= 0.3 is 0 Å². The summed E-state index contributed by atoms with van der Waals surface area (Å²) in [5, 5.41) is 15.8. The average Bonchev–Trinajstić information content (AvgIpc) is 2.96. The van der Waals surface area contributed by atoms with Crippen molar-refractivity contribution in [1.82, 2.24) is 30.2 Å². The Morgan fingerprint density at radius 1 is 1.33 bits per heavy atom. The number of hydrogen-bond donors (Lipinski definition) is 0. The molecule has 0 aromatic carbocycles. The quantitative estimate of drug-likeness (QED) is 0.722.